The maximum absolute atomic E-state index is 9.74. The molecule has 0 amide bonds. The van der Waals surface area contributed by atoms with E-state index in [1.54, 1.807) is 10.9 Å². The molecule has 0 saturated heterocycles. The normalized spacial score (nSPS) is 14.0. The summed E-state index contributed by atoms with van der Waals surface area (Å²) in [6.45, 7) is 0. The zero-order valence-electron chi connectivity index (χ0n) is 13.1. The highest BCUT2D eigenvalue weighted by Crippen LogP contribution is 2.35. The van der Waals surface area contributed by atoms with Crippen LogP contribution in [0.1, 0.15) is 23.0 Å². The highest BCUT2D eigenvalue weighted by atomic mass is 16.3. The lowest BCUT2D eigenvalue weighted by atomic mass is 9.93. The van der Waals surface area contributed by atoms with E-state index >= 15 is 0 Å². The Balaban J connectivity index is 1.78. The summed E-state index contributed by atoms with van der Waals surface area (Å²) in [5.74, 6) is 1.15. The van der Waals surface area contributed by atoms with Crippen molar-refractivity contribution in [2.24, 2.45) is 12.8 Å². The van der Waals surface area contributed by atoms with Crippen LogP contribution in [-0.2, 0) is 19.9 Å². The van der Waals surface area contributed by atoms with Crippen molar-refractivity contribution >= 4 is 11.8 Å². The summed E-state index contributed by atoms with van der Waals surface area (Å²) in [5.41, 5.74) is 9.83. The molecule has 3 aromatic rings. The molecule has 1 atom stereocenters. The zero-order valence-corrected chi connectivity index (χ0v) is 13.1. The van der Waals surface area contributed by atoms with Crippen molar-refractivity contribution in [3.63, 3.8) is 0 Å². The van der Waals surface area contributed by atoms with Gasteiger partial charge in [-0.15, -0.1) is 0 Å². The summed E-state index contributed by atoms with van der Waals surface area (Å²) in [7, 11) is 1.83. The van der Waals surface area contributed by atoms with Crippen LogP contribution >= 0.6 is 0 Å². The molecule has 24 heavy (non-hydrogen) atoms. The Morgan fingerprint density at radius 3 is 2.92 bits per heavy atom. The molecular weight excluding hydrogens is 306 g/mol. The molecule has 0 aromatic carbocycles. The van der Waals surface area contributed by atoms with Crippen LogP contribution in [0, 0.1) is 0 Å². The monoisotopic (exact) mass is 323 g/mol. The molecule has 3 heterocycles. The van der Waals surface area contributed by atoms with Crippen LogP contribution in [0.2, 0.25) is 0 Å². The Bertz CT molecular complexity index is 889. The largest absolute Gasteiger partial charge is 0.373 e. The van der Waals surface area contributed by atoms with E-state index in [4.69, 9.17) is 5.73 Å². The van der Waals surface area contributed by atoms with Gasteiger partial charge in [-0.25, -0.2) is 15.0 Å². The predicted molar refractivity (Wildman–Crippen MR) is 88.3 cm³/mol. The van der Waals surface area contributed by atoms with Crippen molar-refractivity contribution in [1.29, 1.82) is 0 Å². The predicted octanol–water partition coefficient (Wildman–Crippen LogP) is 1.06. The number of nitrogens with two attached hydrogens (primary N) is 1. The number of anilines is 2. The quantitative estimate of drug-likeness (QED) is 0.617. The second kappa shape index (κ2) is 5.66. The summed E-state index contributed by atoms with van der Waals surface area (Å²) >= 11 is 0. The van der Waals surface area contributed by atoms with Gasteiger partial charge in [0.15, 0.2) is 0 Å². The Morgan fingerprint density at radius 1 is 1.29 bits per heavy atom. The van der Waals surface area contributed by atoms with Crippen LogP contribution in [0.15, 0.2) is 30.6 Å². The van der Waals surface area contributed by atoms with E-state index in [1.807, 2.05) is 31.4 Å². The summed E-state index contributed by atoms with van der Waals surface area (Å²) in [6, 6.07) is 5.59. The fraction of sp³-hybridized carbons (Fsp3) is 0.250. The van der Waals surface area contributed by atoms with Crippen molar-refractivity contribution in [2.75, 3.05) is 5.32 Å². The first-order valence-corrected chi connectivity index (χ1v) is 7.67. The van der Waals surface area contributed by atoms with E-state index in [0.29, 0.717) is 17.5 Å². The molecule has 1 aliphatic carbocycles. The number of nitrogens with zero attached hydrogens (tertiary/aromatic N) is 5. The maximum Gasteiger partial charge on any atom is 0.228 e. The lowest BCUT2D eigenvalue weighted by molar-refractivity contribution is 0.179. The lowest BCUT2D eigenvalue weighted by Crippen LogP contribution is -2.14. The fourth-order valence-electron chi connectivity index (χ4n) is 3.03. The third-order valence-corrected chi connectivity index (χ3v) is 4.09. The smallest absolute Gasteiger partial charge is 0.228 e. The lowest BCUT2D eigenvalue weighted by Gasteiger charge is -2.17. The van der Waals surface area contributed by atoms with Gasteiger partial charge in [-0.2, -0.15) is 5.10 Å². The molecule has 0 fully saturated rings. The van der Waals surface area contributed by atoms with Gasteiger partial charge >= 0.3 is 0 Å². The molecule has 4 rings (SSSR count). The first kappa shape index (κ1) is 14.7. The Labute approximate surface area is 138 Å². The molecule has 3 aromatic heterocycles. The van der Waals surface area contributed by atoms with E-state index in [-0.39, 0.29) is 0 Å². The summed E-state index contributed by atoms with van der Waals surface area (Å²) in [6.07, 6.45) is 3.99. The standard InChI is InChI=1S/C16H17N7O/c1-23-14-10(13(22-23)15(17)24)6-5-9-8-19-16(21-12(9)14)20-11-4-2-3-7-18-11/h2-4,7-8,15,24H,5-6,17H2,1H3,(H,18,19,20,21). The van der Waals surface area contributed by atoms with Crippen LogP contribution in [0.3, 0.4) is 0 Å². The molecule has 0 bridgehead atoms. The fourth-order valence-corrected chi connectivity index (χ4v) is 3.03. The molecule has 122 valence electrons. The second-order valence-electron chi connectivity index (χ2n) is 5.69. The first-order valence-electron chi connectivity index (χ1n) is 7.67. The van der Waals surface area contributed by atoms with Crippen molar-refractivity contribution in [1.82, 2.24) is 24.7 Å². The van der Waals surface area contributed by atoms with Gasteiger partial charge in [0.05, 0.1) is 11.4 Å². The van der Waals surface area contributed by atoms with Gasteiger partial charge in [0.25, 0.3) is 0 Å². The van der Waals surface area contributed by atoms with Gasteiger partial charge in [0, 0.05) is 25.0 Å². The molecule has 0 aliphatic heterocycles. The molecule has 8 heteroatoms. The summed E-state index contributed by atoms with van der Waals surface area (Å²) < 4.78 is 1.72. The second-order valence-corrected chi connectivity index (χ2v) is 5.69. The minimum atomic E-state index is -1.09. The Kier molecular flexibility index (Phi) is 3.47. The minimum absolute atomic E-state index is 0.469. The minimum Gasteiger partial charge on any atom is -0.373 e. The van der Waals surface area contributed by atoms with Crippen LogP contribution in [-0.4, -0.2) is 29.8 Å². The molecule has 1 unspecified atom stereocenters. The Morgan fingerprint density at radius 2 is 2.17 bits per heavy atom. The van der Waals surface area contributed by atoms with Crippen molar-refractivity contribution in [3.05, 3.63) is 47.4 Å². The van der Waals surface area contributed by atoms with Gasteiger partial charge in [-0.1, -0.05) is 6.07 Å². The van der Waals surface area contributed by atoms with E-state index in [2.05, 4.69) is 25.4 Å². The van der Waals surface area contributed by atoms with E-state index in [0.717, 1.165) is 35.4 Å². The van der Waals surface area contributed by atoms with Crippen LogP contribution in [0.4, 0.5) is 11.8 Å². The number of hydrogen-bond donors (Lipinski definition) is 3. The van der Waals surface area contributed by atoms with Crippen molar-refractivity contribution in [2.45, 2.75) is 19.1 Å². The molecular formula is C16H17N7O. The van der Waals surface area contributed by atoms with Crippen LogP contribution in [0.5, 0.6) is 0 Å². The van der Waals surface area contributed by atoms with Gasteiger partial charge in [0.1, 0.15) is 17.7 Å². The van der Waals surface area contributed by atoms with Gasteiger partial charge in [-0.05, 0) is 30.5 Å². The Hall–Kier alpha value is -2.84. The average molecular weight is 323 g/mol. The van der Waals surface area contributed by atoms with E-state index in [9.17, 15) is 5.11 Å². The number of hydrogen-bond acceptors (Lipinski definition) is 7. The summed E-state index contributed by atoms with van der Waals surface area (Å²) in [5, 5.41) is 17.2. The van der Waals surface area contributed by atoms with Gasteiger partial charge < -0.3 is 16.2 Å². The molecule has 0 radical (unpaired) electrons. The number of fused-ring (bicyclic) bond motifs is 3. The van der Waals surface area contributed by atoms with E-state index in [1.165, 1.54) is 0 Å². The van der Waals surface area contributed by atoms with Gasteiger partial charge in [-0.3, -0.25) is 4.68 Å². The molecule has 0 saturated carbocycles. The van der Waals surface area contributed by atoms with Crippen molar-refractivity contribution in [3.8, 4) is 11.4 Å². The zero-order chi connectivity index (χ0) is 16.7. The number of rotatable bonds is 3. The molecule has 8 nitrogen and oxygen atoms in total. The third-order valence-electron chi connectivity index (χ3n) is 4.09. The maximum atomic E-state index is 9.74. The first-order chi connectivity index (χ1) is 11.6. The molecule has 1 aliphatic rings. The number of aliphatic hydroxyl groups excluding tert-OH is 1. The van der Waals surface area contributed by atoms with Crippen molar-refractivity contribution < 1.29 is 5.11 Å². The highest BCUT2D eigenvalue weighted by Gasteiger charge is 2.27. The van der Waals surface area contributed by atoms with Gasteiger partial charge in [0.2, 0.25) is 5.95 Å². The number of pyridine rings is 1. The SMILES string of the molecule is Cn1nc(C(N)O)c2c1-c1nc(Nc3ccccn3)ncc1CC2. The van der Waals surface area contributed by atoms with E-state index < -0.39 is 6.23 Å². The number of aryl methyl sites for hydroxylation is 2. The third kappa shape index (κ3) is 2.41. The molecule has 4 N–H and O–H groups in total. The number of aromatic nitrogens is 5. The van der Waals surface area contributed by atoms with Crippen LogP contribution < -0.4 is 11.1 Å². The van der Waals surface area contributed by atoms with Crippen LogP contribution in [0.25, 0.3) is 11.4 Å². The average Bonchev–Trinajstić information content (AvgIpc) is 2.93. The highest BCUT2D eigenvalue weighted by molar-refractivity contribution is 5.68. The number of nitrogens with one attached hydrogen (secondary N) is 1. The number of aliphatic hydroxyl groups is 1. The topological polar surface area (TPSA) is 115 Å². The summed E-state index contributed by atoms with van der Waals surface area (Å²) in [4.78, 5) is 13.2. The molecule has 0 spiro atoms.